The van der Waals surface area contributed by atoms with Crippen LogP contribution in [0, 0.1) is 13.8 Å². The zero-order valence-corrected chi connectivity index (χ0v) is 12.4. The Labute approximate surface area is 118 Å². The van der Waals surface area contributed by atoms with Crippen molar-refractivity contribution < 1.29 is 14.1 Å². The van der Waals surface area contributed by atoms with Crippen LogP contribution in [0.2, 0.25) is 0 Å². The second kappa shape index (κ2) is 5.05. The van der Waals surface area contributed by atoms with Crippen LogP contribution in [0.15, 0.2) is 21.1 Å². The van der Waals surface area contributed by atoms with Crippen molar-refractivity contribution in [2.24, 2.45) is 0 Å². The summed E-state index contributed by atoms with van der Waals surface area (Å²) in [7, 11) is 1.32. The lowest BCUT2D eigenvalue weighted by atomic mass is 10.0. The van der Waals surface area contributed by atoms with Gasteiger partial charge in [0.25, 0.3) is 0 Å². The molecule has 0 bridgehead atoms. The second-order valence-corrected chi connectivity index (χ2v) is 4.96. The molecule has 0 spiro atoms. The van der Waals surface area contributed by atoms with Crippen molar-refractivity contribution in [1.82, 2.24) is 5.16 Å². The number of benzene rings is 1. The van der Waals surface area contributed by atoms with Crippen molar-refractivity contribution in [3.05, 3.63) is 33.6 Å². The van der Waals surface area contributed by atoms with E-state index in [1.165, 1.54) is 7.11 Å². The summed E-state index contributed by atoms with van der Waals surface area (Å²) in [5.74, 6) is 0.205. The van der Waals surface area contributed by atoms with Gasteiger partial charge >= 0.3 is 5.97 Å². The Balaban J connectivity index is 2.67. The Morgan fingerprint density at radius 1 is 1.42 bits per heavy atom. The third kappa shape index (κ3) is 2.35. The van der Waals surface area contributed by atoms with Crippen LogP contribution in [0.25, 0.3) is 11.1 Å². The number of hydrogen-bond acceptors (Lipinski definition) is 5. The van der Waals surface area contributed by atoms with Crippen molar-refractivity contribution in [2.45, 2.75) is 13.8 Å². The maximum absolute atomic E-state index is 11.7. The van der Waals surface area contributed by atoms with Gasteiger partial charge in [-0.05, 0) is 47.5 Å². The Morgan fingerprint density at radius 3 is 2.63 bits per heavy atom. The van der Waals surface area contributed by atoms with E-state index in [1.54, 1.807) is 6.07 Å². The van der Waals surface area contributed by atoms with Crippen molar-refractivity contribution in [3.63, 3.8) is 0 Å². The minimum Gasteiger partial charge on any atom is -0.465 e. The van der Waals surface area contributed by atoms with E-state index in [0.29, 0.717) is 21.5 Å². The van der Waals surface area contributed by atoms with E-state index >= 15 is 0 Å². The predicted octanol–water partition coefficient (Wildman–Crippen LogP) is 3.09. The molecule has 0 fully saturated rings. The van der Waals surface area contributed by atoms with Gasteiger partial charge in [0.2, 0.25) is 0 Å². The highest BCUT2D eigenvalue weighted by Crippen LogP contribution is 2.34. The van der Waals surface area contributed by atoms with E-state index in [0.717, 1.165) is 16.8 Å². The van der Waals surface area contributed by atoms with E-state index in [-0.39, 0.29) is 0 Å². The number of ether oxygens (including phenoxy) is 1. The number of carbonyl (C=O) groups is 1. The van der Waals surface area contributed by atoms with E-state index < -0.39 is 5.97 Å². The Hall–Kier alpha value is -1.82. The lowest BCUT2D eigenvalue weighted by Crippen LogP contribution is -2.06. The average Bonchev–Trinajstić information content (AvgIpc) is 2.71. The molecule has 19 heavy (non-hydrogen) atoms. The molecule has 1 heterocycles. The lowest BCUT2D eigenvalue weighted by Gasteiger charge is -2.09. The van der Waals surface area contributed by atoms with E-state index in [1.807, 2.05) is 19.9 Å². The number of hydrogen-bond donors (Lipinski definition) is 1. The Morgan fingerprint density at radius 2 is 2.11 bits per heavy atom. The van der Waals surface area contributed by atoms with Crippen LogP contribution in [-0.2, 0) is 4.74 Å². The number of anilines is 1. The molecule has 5 nitrogen and oxygen atoms in total. The van der Waals surface area contributed by atoms with Gasteiger partial charge in [-0.3, -0.25) is 0 Å². The summed E-state index contributed by atoms with van der Waals surface area (Å²) in [6.07, 6.45) is 0. The lowest BCUT2D eigenvalue weighted by molar-refractivity contribution is 0.0602. The van der Waals surface area contributed by atoms with Crippen LogP contribution in [0.3, 0.4) is 0 Å². The fraction of sp³-hybridized carbons (Fsp3) is 0.231. The fourth-order valence-corrected chi connectivity index (χ4v) is 2.40. The molecule has 0 amide bonds. The highest BCUT2D eigenvalue weighted by Gasteiger charge is 2.18. The summed E-state index contributed by atoms with van der Waals surface area (Å²) < 4.78 is 10.5. The Kier molecular flexibility index (Phi) is 3.61. The molecule has 0 aliphatic rings. The quantitative estimate of drug-likeness (QED) is 0.678. The summed E-state index contributed by atoms with van der Waals surface area (Å²) in [4.78, 5) is 11.7. The summed E-state index contributed by atoms with van der Waals surface area (Å²) in [5, 5.41) is 3.90. The maximum atomic E-state index is 11.7. The van der Waals surface area contributed by atoms with Gasteiger partial charge in [-0.25, -0.2) is 4.79 Å². The molecule has 1 aromatic carbocycles. The molecule has 100 valence electrons. The minimum atomic E-state index is -0.480. The van der Waals surface area contributed by atoms with Crippen molar-refractivity contribution in [1.29, 1.82) is 0 Å². The molecule has 2 N–H and O–H groups in total. The number of carbonyl (C=O) groups excluding carboxylic acids is 1. The molecule has 1 aromatic heterocycles. The topological polar surface area (TPSA) is 78.3 Å². The first kappa shape index (κ1) is 13.6. The van der Waals surface area contributed by atoms with Gasteiger partial charge in [0.05, 0.1) is 24.1 Å². The van der Waals surface area contributed by atoms with E-state index in [2.05, 4.69) is 21.1 Å². The fourth-order valence-electron chi connectivity index (χ4n) is 1.94. The standard InChI is InChI=1S/C13H13BrN2O3/c1-6-11(7(2)19-16-6)8-4-9(13(17)18-3)12(15)10(14)5-8/h4-5H,15H2,1-3H3. The van der Waals surface area contributed by atoms with Gasteiger partial charge in [0, 0.05) is 10.0 Å². The van der Waals surface area contributed by atoms with Crippen LogP contribution >= 0.6 is 15.9 Å². The molecular weight excluding hydrogens is 312 g/mol. The number of nitrogen functional groups attached to an aromatic ring is 1. The van der Waals surface area contributed by atoms with Crippen LogP contribution in [0.5, 0.6) is 0 Å². The molecule has 0 aliphatic heterocycles. The second-order valence-electron chi connectivity index (χ2n) is 4.11. The number of nitrogens with two attached hydrogens (primary N) is 1. The third-order valence-electron chi connectivity index (χ3n) is 2.86. The SMILES string of the molecule is COC(=O)c1cc(-c2c(C)noc2C)cc(Br)c1N. The number of halogens is 1. The summed E-state index contributed by atoms with van der Waals surface area (Å²) in [6.45, 7) is 3.66. The Bertz CT molecular complexity index is 630. The largest absolute Gasteiger partial charge is 0.465 e. The van der Waals surface area contributed by atoms with Gasteiger partial charge in [-0.2, -0.15) is 0 Å². The monoisotopic (exact) mass is 324 g/mol. The average molecular weight is 325 g/mol. The molecule has 0 radical (unpaired) electrons. The maximum Gasteiger partial charge on any atom is 0.340 e. The van der Waals surface area contributed by atoms with E-state index in [9.17, 15) is 4.79 Å². The molecule has 0 saturated heterocycles. The van der Waals surface area contributed by atoms with Gasteiger partial charge in [-0.15, -0.1) is 0 Å². The zero-order valence-electron chi connectivity index (χ0n) is 10.8. The highest BCUT2D eigenvalue weighted by molar-refractivity contribution is 9.10. The van der Waals surface area contributed by atoms with Crippen LogP contribution in [-0.4, -0.2) is 18.2 Å². The van der Waals surface area contributed by atoms with Crippen molar-refractivity contribution in [3.8, 4) is 11.1 Å². The van der Waals surface area contributed by atoms with Crippen LogP contribution in [0.4, 0.5) is 5.69 Å². The van der Waals surface area contributed by atoms with E-state index in [4.69, 9.17) is 15.0 Å². The van der Waals surface area contributed by atoms with Crippen molar-refractivity contribution >= 4 is 27.6 Å². The van der Waals surface area contributed by atoms with Crippen LogP contribution < -0.4 is 5.73 Å². The smallest absolute Gasteiger partial charge is 0.340 e. The number of esters is 1. The highest BCUT2D eigenvalue weighted by atomic mass is 79.9. The molecule has 2 rings (SSSR count). The number of aryl methyl sites for hydroxylation is 2. The number of nitrogens with zero attached hydrogens (tertiary/aromatic N) is 1. The molecule has 0 unspecified atom stereocenters. The summed E-state index contributed by atoms with van der Waals surface area (Å²) in [6, 6.07) is 3.51. The zero-order chi connectivity index (χ0) is 14.2. The van der Waals surface area contributed by atoms with Gasteiger partial charge < -0.3 is 15.0 Å². The number of rotatable bonds is 2. The molecule has 0 atom stereocenters. The normalized spacial score (nSPS) is 10.5. The first-order valence-electron chi connectivity index (χ1n) is 5.56. The molecule has 2 aromatic rings. The third-order valence-corrected chi connectivity index (χ3v) is 3.51. The molecule has 0 saturated carbocycles. The predicted molar refractivity (Wildman–Crippen MR) is 74.9 cm³/mol. The van der Waals surface area contributed by atoms with Crippen molar-refractivity contribution in [2.75, 3.05) is 12.8 Å². The first-order chi connectivity index (χ1) is 8.95. The molecular formula is C13H13BrN2O3. The van der Waals surface area contributed by atoms with Gasteiger partial charge in [0.15, 0.2) is 0 Å². The summed E-state index contributed by atoms with van der Waals surface area (Å²) in [5.41, 5.74) is 8.94. The molecule has 6 heteroatoms. The summed E-state index contributed by atoms with van der Waals surface area (Å²) >= 11 is 3.35. The van der Waals surface area contributed by atoms with Crippen LogP contribution in [0.1, 0.15) is 21.8 Å². The van der Waals surface area contributed by atoms with Gasteiger partial charge in [-0.1, -0.05) is 5.16 Å². The number of aromatic nitrogens is 1. The van der Waals surface area contributed by atoms with Gasteiger partial charge in [0.1, 0.15) is 5.76 Å². The number of methoxy groups -OCH3 is 1. The first-order valence-corrected chi connectivity index (χ1v) is 6.35. The molecule has 0 aliphatic carbocycles. The minimum absolute atomic E-state index is 0.312.